The standard InChI is InChI=1S/C17H29N5OS.HI/c1-13(16-18-9-10-24-16)11-19-17(20-12-15(23)22(2)3)21-14-7-5-4-6-8-14;/h9-10,13-14H,4-8,11-12H2,1-3H3,(H2,19,20,21);1H. The molecule has 1 atom stereocenters. The van der Waals surface area contributed by atoms with Gasteiger partial charge in [0.15, 0.2) is 5.96 Å². The molecule has 1 fully saturated rings. The van der Waals surface area contributed by atoms with Crippen molar-refractivity contribution in [3.63, 3.8) is 0 Å². The van der Waals surface area contributed by atoms with Gasteiger partial charge in [-0.05, 0) is 12.8 Å². The van der Waals surface area contributed by atoms with E-state index in [4.69, 9.17) is 0 Å². The Bertz CT molecular complexity index is 529. The van der Waals surface area contributed by atoms with Crippen molar-refractivity contribution >= 4 is 47.2 Å². The number of amides is 1. The molecule has 0 saturated heterocycles. The van der Waals surface area contributed by atoms with Gasteiger partial charge in [-0.1, -0.05) is 26.2 Å². The second kappa shape index (κ2) is 11.7. The average Bonchev–Trinajstić information content (AvgIpc) is 3.12. The molecule has 1 heterocycles. The Morgan fingerprint density at radius 2 is 2.12 bits per heavy atom. The number of halogens is 1. The Morgan fingerprint density at radius 1 is 1.40 bits per heavy atom. The number of guanidine groups is 1. The molecule has 2 rings (SSSR count). The van der Waals surface area contributed by atoms with E-state index in [0.29, 0.717) is 12.0 Å². The smallest absolute Gasteiger partial charge is 0.243 e. The molecule has 1 aliphatic carbocycles. The summed E-state index contributed by atoms with van der Waals surface area (Å²) < 4.78 is 0. The van der Waals surface area contributed by atoms with Gasteiger partial charge in [-0.2, -0.15) is 0 Å². The van der Waals surface area contributed by atoms with E-state index in [1.165, 1.54) is 32.1 Å². The third-order valence-electron chi connectivity index (χ3n) is 4.27. The molecule has 0 radical (unpaired) electrons. The molecule has 0 bridgehead atoms. The van der Waals surface area contributed by atoms with Crippen molar-refractivity contribution in [2.45, 2.75) is 51.0 Å². The van der Waals surface area contributed by atoms with Gasteiger partial charge in [0.2, 0.25) is 5.91 Å². The molecule has 0 aromatic carbocycles. The highest BCUT2D eigenvalue weighted by Crippen LogP contribution is 2.18. The van der Waals surface area contributed by atoms with Gasteiger partial charge in [0.1, 0.15) is 6.54 Å². The Balaban J connectivity index is 0.00000312. The number of rotatable bonds is 6. The van der Waals surface area contributed by atoms with Gasteiger partial charge in [0.05, 0.1) is 5.01 Å². The predicted octanol–water partition coefficient (Wildman–Crippen LogP) is 2.82. The summed E-state index contributed by atoms with van der Waals surface area (Å²) in [5.41, 5.74) is 0. The molecule has 25 heavy (non-hydrogen) atoms. The number of hydrogen-bond donors (Lipinski definition) is 2. The second-order valence-corrected chi connectivity index (χ2v) is 7.51. The first-order valence-electron chi connectivity index (χ1n) is 8.70. The van der Waals surface area contributed by atoms with E-state index in [9.17, 15) is 4.79 Å². The van der Waals surface area contributed by atoms with E-state index in [2.05, 4.69) is 27.5 Å². The van der Waals surface area contributed by atoms with Gasteiger partial charge in [-0.3, -0.25) is 4.79 Å². The SMILES string of the molecule is CC(CNC(=NCC(=O)N(C)C)NC1CCCCC1)c1nccs1.I. The normalized spacial score (nSPS) is 16.7. The van der Waals surface area contributed by atoms with Crippen LogP contribution in [0.5, 0.6) is 0 Å². The van der Waals surface area contributed by atoms with Gasteiger partial charge in [-0.15, -0.1) is 35.3 Å². The van der Waals surface area contributed by atoms with Gasteiger partial charge >= 0.3 is 0 Å². The molecular weight excluding hydrogens is 449 g/mol. The molecule has 1 unspecified atom stereocenters. The quantitative estimate of drug-likeness (QED) is 0.374. The predicted molar refractivity (Wildman–Crippen MR) is 115 cm³/mol. The van der Waals surface area contributed by atoms with Crippen LogP contribution in [-0.2, 0) is 4.79 Å². The molecule has 142 valence electrons. The van der Waals surface area contributed by atoms with E-state index in [1.54, 1.807) is 30.3 Å². The zero-order chi connectivity index (χ0) is 17.4. The number of nitrogens with zero attached hydrogens (tertiary/aromatic N) is 3. The van der Waals surface area contributed by atoms with Crippen molar-refractivity contribution in [3.05, 3.63) is 16.6 Å². The lowest BCUT2D eigenvalue weighted by Crippen LogP contribution is -2.45. The van der Waals surface area contributed by atoms with Crippen molar-refractivity contribution in [2.24, 2.45) is 4.99 Å². The first-order chi connectivity index (χ1) is 11.6. The maximum Gasteiger partial charge on any atom is 0.243 e. The molecule has 8 heteroatoms. The van der Waals surface area contributed by atoms with Crippen LogP contribution in [0.15, 0.2) is 16.6 Å². The van der Waals surface area contributed by atoms with E-state index in [0.717, 1.165) is 17.5 Å². The van der Waals surface area contributed by atoms with Gasteiger partial charge in [0, 0.05) is 44.2 Å². The monoisotopic (exact) mass is 479 g/mol. The van der Waals surface area contributed by atoms with Crippen LogP contribution in [-0.4, -0.2) is 55.0 Å². The second-order valence-electron chi connectivity index (χ2n) is 6.58. The summed E-state index contributed by atoms with van der Waals surface area (Å²) in [6, 6.07) is 0.453. The lowest BCUT2D eigenvalue weighted by Gasteiger charge is -2.25. The van der Waals surface area contributed by atoms with Crippen molar-refractivity contribution in [2.75, 3.05) is 27.2 Å². The topological polar surface area (TPSA) is 69.6 Å². The summed E-state index contributed by atoms with van der Waals surface area (Å²) in [6.07, 6.45) is 8.02. The van der Waals surface area contributed by atoms with Gasteiger partial charge in [0.25, 0.3) is 0 Å². The fourth-order valence-electron chi connectivity index (χ4n) is 2.70. The average molecular weight is 479 g/mol. The summed E-state index contributed by atoms with van der Waals surface area (Å²) in [7, 11) is 3.51. The van der Waals surface area contributed by atoms with Gasteiger partial charge < -0.3 is 15.5 Å². The number of aromatic nitrogens is 1. The van der Waals surface area contributed by atoms with Crippen LogP contribution >= 0.6 is 35.3 Å². The maximum absolute atomic E-state index is 11.8. The molecule has 0 spiro atoms. The van der Waals surface area contributed by atoms with Crippen LogP contribution in [0.4, 0.5) is 0 Å². The summed E-state index contributed by atoms with van der Waals surface area (Å²) in [5.74, 6) is 1.06. The summed E-state index contributed by atoms with van der Waals surface area (Å²) in [5, 5.41) is 10.00. The molecular formula is C17H30IN5OS. The highest BCUT2D eigenvalue weighted by atomic mass is 127. The van der Waals surface area contributed by atoms with Crippen LogP contribution in [0, 0.1) is 0 Å². The third-order valence-corrected chi connectivity index (χ3v) is 5.27. The van der Waals surface area contributed by atoms with Crippen LogP contribution in [0.1, 0.15) is 50.0 Å². The molecule has 1 aliphatic rings. The summed E-state index contributed by atoms with van der Waals surface area (Å²) in [4.78, 5) is 22.2. The van der Waals surface area contributed by atoms with E-state index in [-0.39, 0.29) is 36.4 Å². The largest absolute Gasteiger partial charge is 0.356 e. The minimum atomic E-state index is 0. The number of aliphatic imine (C=N–C) groups is 1. The third kappa shape index (κ3) is 7.89. The first-order valence-corrected chi connectivity index (χ1v) is 9.58. The Labute approximate surface area is 171 Å². The zero-order valence-corrected chi connectivity index (χ0v) is 18.5. The van der Waals surface area contributed by atoms with Gasteiger partial charge in [-0.25, -0.2) is 9.98 Å². The lowest BCUT2D eigenvalue weighted by molar-refractivity contribution is -0.127. The van der Waals surface area contributed by atoms with Crippen molar-refractivity contribution in [1.29, 1.82) is 0 Å². The van der Waals surface area contributed by atoms with Crippen LogP contribution in [0.3, 0.4) is 0 Å². The number of likely N-dealkylation sites (N-methyl/N-ethyl adjacent to an activating group) is 1. The maximum atomic E-state index is 11.8. The van der Waals surface area contributed by atoms with Crippen molar-refractivity contribution in [3.8, 4) is 0 Å². The number of carbonyl (C=O) groups excluding carboxylic acids is 1. The summed E-state index contributed by atoms with van der Waals surface area (Å²) >= 11 is 1.67. The molecule has 0 aliphatic heterocycles. The van der Waals surface area contributed by atoms with Crippen LogP contribution < -0.4 is 10.6 Å². The van der Waals surface area contributed by atoms with E-state index >= 15 is 0 Å². The van der Waals surface area contributed by atoms with Crippen LogP contribution in [0.25, 0.3) is 0 Å². The van der Waals surface area contributed by atoms with Crippen molar-refractivity contribution in [1.82, 2.24) is 20.5 Å². The first kappa shape index (κ1) is 22.1. The fraction of sp³-hybridized carbons (Fsp3) is 0.706. The molecule has 1 aromatic rings. The number of thiazole rings is 1. The number of nitrogens with one attached hydrogen (secondary N) is 2. The highest BCUT2D eigenvalue weighted by Gasteiger charge is 2.16. The molecule has 6 nitrogen and oxygen atoms in total. The summed E-state index contributed by atoms with van der Waals surface area (Å²) in [6.45, 7) is 3.07. The molecule has 2 N–H and O–H groups in total. The molecule has 1 aromatic heterocycles. The Morgan fingerprint density at radius 3 is 2.72 bits per heavy atom. The highest BCUT2D eigenvalue weighted by molar-refractivity contribution is 14.0. The van der Waals surface area contributed by atoms with E-state index in [1.807, 2.05) is 11.6 Å². The number of hydrogen-bond acceptors (Lipinski definition) is 4. The number of carbonyl (C=O) groups is 1. The Kier molecular flexibility index (Phi) is 10.3. The fourth-order valence-corrected chi connectivity index (χ4v) is 3.39. The Hall–Kier alpha value is -0.900. The van der Waals surface area contributed by atoms with E-state index < -0.39 is 0 Å². The lowest BCUT2D eigenvalue weighted by atomic mass is 9.96. The van der Waals surface area contributed by atoms with Crippen LogP contribution in [0.2, 0.25) is 0 Å². The minimum absolute atomic E-state index is 0. The zero-order valence-electron chi connectivity index (χ0n) is 15.3. The molecule has 1 saturated carbocycles. The van der Waals surface area contributed by atoms with Crippen molar-refractivity contribution < 1.29 is 4.79 Å². The minimum Gasteiger partial charge on any atom is -0.356 e. The molecule has 1 amide bonds.